The fourth-order valence-electron chi connectivity index (χ4n) is 9.58. The van der Waals surface area contributed by atoms with Gasteiger partial charge in [-0.05, 0) is 140 Å². The number of amides is 1. The molecule has 0 spiro atoms. The molecule has 0 radical (unpaired) electrons. The number of H-pyrrole nitrogens is 1. The molecule has 362 valence electrons. The van der Waals surface area contributed by atoms with E-state index < -0.39 is 48.7 Å². The van der Waals surface area contributed by atoms with Crippen LogP contribution in [-0.2, 0) is 10.0 Å². The van der Waals surface area contributed by atoms with Gasteiger partial charge < -0.3 is 25.0 Å². The number of halogens is 2. The van der Waals surface area contributed by atoms with Crippen molar-refractivity contribution < 1.29 is 36.8 Å². The number of rotatable bonds is 14. The van der Waals surface area contributed by atoms with E-state index in [1.807, 2.05) is 11.4 Å². The molecule has 18 heteroatoms. The molecule has 3 aliphatic rings. The molecule has 6 aromatic rings. The summed E-state index contributed by atoms with van der Waals surface area (Å²) in [7, 11) is -4.61. The molecule has 2 aliphatic carbocycles. The Morgan fingerprint density at radius 3 is 2.51 bits per heavy atom. The lowest BCUT2D eigenvalue weighted by Gasteiger charge is -2.39. The molecule has 3 aromatic carbocycles. The Balaban J connectivity index is 0.915. The average Bonchev–Trinajstić information content (AvgIpc) is 4.01. The summed E-state index contributed by atoms with van der Waals surface area (Å²) >= 11 is 1.63. The summed E-state index contributed by atoms with van der Waals surface area (Å²) in [5, 5.41) is 28.4. The first-order valence-electron chi connectivity index (χ1n) is 23.2. The van der Waals surface area contributed by atoms with Crippen molar-refractivity contribution in [3.63, 3.8) is 0 Å². The molecule has 3 aromatic heterocycles. The Morgan fingerprint density at radius 1 is 0.971 bits per heavy atom. The largest absolute Gasteiger partial charge is 0.455 e. The molecule has 1 aliphatic heterocycles. The highest BCUT2D eigenvalue weighted by molar-refractivity contribution is 7.90. The molecule has 4 heterocycles. The van der Waals surface area contributed by atoms with Crippen LogP contribution in [0.25, 0.3) is 27.7 Å². The number of carbonyl (C=O) groups excluding carboxylic acids is 1. The summed E-state index contributed by atoms with van der Waals surface area (Å²) in [5.74, 6) is -2.13. The van der Waals surface area contributed by atoms with Gasteiger partial charge in [0.25, 0.3) is 21.6 Å². The summed E-state index contributed by atoms with van der Waals surface area (Å²) in [6.45, 7) is 10.4. The van der Waals surface area contributed by atoms with Gasteiger partial charge in [-0.1, -0.05) is 25.5 Å². The van der Waals surface area contributed by atoms with Crippen molar-refractivity contribution in [3.05, 3.63) is 128 Å². The van der Waals surface area contributed by atoms with Crippen LogP contribution < -0.4 is 19.7 Å². The Bertz CT molecular complexity index is 3060. The number of nitro benzene ring substituents is 1. The second kappa shape index (κ2) is 19.3. The summed E-state index contributed by atoms with van der Waals surface area (Å²) in [6.07, 6.45) is 8.91. The van der Waals surface area contributed by atoms with Gasteiger partial charge in [-0.25, -0.2) is 26.9 Å². The van der Waals surface area contributed by atoms with Crippen LogP contribution in [0.15, 0.2) is 101 Å². The topological polar surface area (TPSA) is 183 Å². The maximum Gasteiger partial charge on any atom is 0.293 e. The molecule has 1 saturated heterocycles. The lowest BCUT2D eigenvalue weighted by Crippen LogP contribution is -2.47. The maximum atomic E-state index is 14.1. The third-order valence-electron chi connectivity index (χ3n) is 13.8. The highest BCUT2D eigenvalue weighted by Gasteiger charge is 2.32. The number of hydrogen-bond acceptors (Lipinski definition) is 12. The monoisotopic (exact) mass is 979 g/mol. The van der Waals surface area contributed by atoms with E-state index in [0.29, 0.717) is 49.4 Å². The number of nitrogens with zero attached hydrogens (tertiary/aromatic N) is 4. The number of allylic oxidation sites excluding steroid dienone is 1. The van der Waals surface area contributed by atoms with E-state index >= 15 is 0 Å². The Morgan fingerprint density at radius 2 is 1.75 bits per heavy atom. The normalized spacial score (nSPS) is 20.0. The fraction of sp³-hybridized carbons (Fsp3) is 0.373. The predicted octanol–water partition coefficient (Wildman–Crippen LogP) is 10.5. The SMILES string of the molecule is CC1(C)CCC(CN2CCN(c3ccc(C(=O)NS(=O)(=O)c4ccc(NCC5CCC(C)(O)CC5)c([N+](=O)[O-])c4)c(Oc4cnc5[nH]ccc5c4)c3)CC2)=C(c2cc(-c3ccc(F)c(F)c3)cs2)C1. The number of carbonyl (C=O) groups is 1. The van der Waals surface area contributed by atoms with Crippen LogP contribution in [0.4, 0.5) is 25.8 Å². The van der Waals surface area contributed by atoms with Crippen LogP contribution in [0.3, 0.4) is 0 Å². The van der Waals surface area contributed by atoms with Crippen molar-refractivity contribution in [2.24, 2.45) is 11.3 Å². The van der Waals surface area contributed by atoms with Crippen molar-refractivity contribution in [2.45, 2.75) is 76.2 Å². The number of aromatic amines is 1. The van der Waals surface area contributed by atoms with Gasteiger partial charge in [0.2, 0.25) is 0 Å². The summed E-state index contributed by atoms with van der Waals surface area (Å²) in [5.41, 5.74) is 4.61. The smallest absolute Gasteiger partial charge is 0.293 e. The third-order valence-corrected chi connectivity index (χ3v) is 16.1. The van der Waals surface area contributed by atoms with Gasteiger partial charge >= 0.3 is 0 Å². The number of ether oxygens (including phenoxy) is 1. The lowest BCUT2D eigenvalue weighted by atomic mass is 9.73. The maximum absolute atomic E-state index is 14.1. The van der Waals surface area contributed by atoms with Crippen molar-refractivity contribution in [3.8, 4) is 22.6 Å². The number of aromatic nitrogens is 2. The zero-order valence-electron chi connectivity index (χ0n) is 38.7. The molecule has 1 saturated carbocycles. The second-order valence-corrected chi connectivity index (χ2v) is 22.2. The van der Waals surface area contributed by atoms with Gasteiger partial charge in [0.1, 0.15) is 22.8 Å². The quantitative estimate of drug-likeness (QED) is 0.0602. The van der Waals surface area contributed by atoms with Crippen LogP contribution in [0, 0.1) is 33.1 Å². The van der Waals surface area contributed by atoms with Crippen molar-refractivity contribution >= 4 is 60.9 Å². The minimum absolute atomic E-state index is 0.0737. The number of nitrogens with one attached hydrogen (secondary N) is 3. The van der Waals surface area contributed by atoms with Gasteiger partial charge in [-0.15, -0.1) is 11.3 Å². The average molecular weight is 980 g/mol. The molecule has 2 fully saturated rings. The highest BCUT2D eigenvalue weighted by Crippen LogP contribution is 2.46. The van der Waals surface area contributed by atoms with Crippen molar-refractivity contribution in [2.75, 3.05) is 49.5 Å². The number of sulfonamides is 1. The second-order valence-electron chi connectivity index (χ2n) is 19.6. The number of pyridine rings is 1. The van der Waals surface area contributed by atoms with Gasteiger partial charge in [0, 0.05) is 73.5 Å². The van der Waals surface area contributed by atoms with E-state index in [-0.39, 0.29) is 28.3 Å². The standard InChI is InChI=1S/C51H55F2N7O7S2/c1-50(2)14-12-35(41(27-50)47-24-36(31-68-47)33-4-8-42(52)43(53)23-33)30-58-18-20-59(21-19-58)37-5-7-40(46(25-37)67-38-22-34-13-17-54-48(34)56-29-38)49(61)57-69(65,66)39-6-9-44(45(26-39)60(63)64)55-28-32-10-15-51(3,62)16-11-32/h4-9,13,17,22-26,29,31-32,55,62H,10-12,14-16,18-21,27-28,30H2,1-3H3,(H,54,56)(H,57,61). The van der Waals surface area contributed by atoms with Gasteiger partial charge in [-0.2, -0.15) is 0 Å². The third kappa shape index (κ3) is 11.0. The molecule has 0 bridgehead atoms. The van der Waals surface area contributed by atoms with Crippen LogP contribution in [0.1, 0.15) is 81.0 Å². The highest BCUT2D eigenvalue weighted by atomic mass is 32.2. The number of piperazine rings is 1. The Kier molecular flexibility index (Phi) is 13.4. The van der Waals surface area contributed by atoms with E-state index in [1.54, 1.807) is 48.7 Å². The molecule has 1 amide bonds. The van der Waals surface area contributed by atoms with Crippen LogP contribution in [0.2, 0.25) is 0 Å². The molecule has 14 nitrogen and oxygen atoms in total. The summed E-state index contributed by atoms with van der Waals surface area (Å²) < 4.78 is 63.8. The number of anilines is 2. The van der Waals surface area contributed by atoms with Crippen molar-refractivity contribution in [1.82, 2.24) is 19.6 Å². The predicted molar refractivity (Wildman–Crippen MR) is 264 cm³/mol. The number of benzene rings is 3. The van der Waals surface area contributed by atoms with Crippen LogP contribution in [0.5, 0.6) is 11.5 Å². The number of hydrogen-bond donors (Lipinski definition) is 4. The minimum atomic E-state index is -4.61. The van der Waals surface area contributed by atoms with E-state index in [0.717, 1.165) is 85.4 Å². The van der Waals surface area contributed by atoms with Crippen LogP contribution >= 0.6 is 11.3 Å². The van der Waals surface area contributed by atoms with E-state index in [9.17, 15) is 37.2 Å². The Hall–Kier alpha value is -6.21. The number of aliphatic hydroxyl groups is 1. The molecule has 69 heavy (non-hydrogen) atoms. The molecular formula is C51H55F2N7O7S2. The first-order chi connectivity index (χ1) is 32.9. The molecule has 0 atom stereocenters. The first kappa shape index (κ1) is 47.8. The zero-order chi connectivity index (χ0) is 48.7. The van der Waals surface area contributed by atoms with Crippen LogP contribution in [-0.4, -0.2) is 84.1 Å². The summed E-state index contributed by atoms with van der Waals surface area (Å²) in [6, 6.07) is 18.1. The molecule has 9 rings (SSSR count). The number of nitro groups is 1. The van der Waals surface area contributed by atoms with Gasteiger partial charge in [-0.3, -0.25) is 19.8 Å². The van der Waals surface area contributed by atoms with E-state index in [2.05, 4.69) is 49.7 Å². The summed E-state index contributed by atoms with van der Waals surface area (Å²) in [4.78, 5) is 38.3. The first-order valence-corrected chi connectivity index (χ1v) is 25.5. The molecular weight excluding hydrogens is 925 g/mol. The van der Waals surface area contributed by atoms with Gasteiger partial charge in [0.15, 0.2) is 11.6 Å². The van der Waals surface area contributed by atoms with E-state index in [1.165, 1.54) is 41.6 Å². The minimum Gasteiger partial charge on any atom is -0.455 e. The number of fused-ring (bicyclic) bond motifs is 1. The van der Waals surface area contributed by atoms with Gasteiger partial charge in [0.05, 0.1) is 27.2 Å². The Labute approximate surface area is 403 Å². The lowest BCUT2D eigenvalue weighted by molar-refractivity contribution is -0.384. The zero-order valence-corrected chi connectivity index (χ0v) is 40.3. The van der Waals surface area contributed by atoms with E-state index in [4.69, 9.17) is 4.74 Å². The molecule has 0 unspecified atom stereocenters. The fourth-order valence-corrected chi connectivity index (χ4v) is 11.6. The van der Waals surface area contributed by atoms with Crippen molar-refractivity contribution in [1.29, 1.82) is 0 Å². The molecule has 4 N–H and O–H groups in total. The number of thiophene rings is 1.